The minimum Gasteiger partial charge on any atom is -0.408 e. The highest BCUT2D eigenvalue weighted by Crippen LogP contribution is 2.31. The fourth-order valence-corrected chi connectivity index (χ4v) is 2.87. The van der Waals surface area contributed by atoms with E-state index in [1.165, 1.54) is 0 Å². The summed E-state index contributed by atoms with van der Waals surface area (Å²) in [6.07, 6.45) is 0. The normalized spacial score (nSPS) is 11.3. The third-order valence-electron chi connectivity index (χ3n) is 3.14. The molecule has 0 aliphatic heterocycles. The lowest BCUT2D eigenvalue weighted by Gasteiger charge is -2.00. The van der Waals surface area contributed by atoms with E-state index in [1.807, 2.05) is 37.0 Å². The van der Waals surface area contributed by atoms with Gasteiger partial charge in [0, 0.05) is 19.2 Å². The Labute approximate surface area is 122 Å². The van der Waals surface area contributed by atoms with Gasteiger partial charge in [-0.2, -0.15) is 5.10 Å². The number of rotatable bonds is 3. The highest BCUT2D eigenvalue weighted by Gasteiger charge is 2.15. The van der Waals surface area contributed by atoms with E-state index in [0.717, 1.165) is 21.4 Å². The SMILES string of the molecule is CNCc1c(Br)c(-c2ccc3[nH]c(=O)oc3c2)nn1C. The minimum absolute atomic E-state index is 0.451. The molecule has 0 radical (unpaired) electrons. The van der Waals surface area contributed by atoms with Crippen molar-refractivity contribution in [1.82, 2.24) is 20.1 Å². The molecule has 2 N–H and O–H groups in total. The minimum atomic E-state index is -0.451. The van der Waals surface area contributed by atoms with Crippen LogP contribution in [0.3, 0.4) is 0 Å². The molecular weight excluding hydrogens is 324 g/mol. The fourth-order valence-electron chi connectivity index (χ4n) is 2.17. The van der Waals surface area contributed by atoms with Gasteiger partial charge < -0.3 is 9.73 Å². The summed E-state index contributed by atoms with van der Waals surface area (Å²) in [5.74, 6) is -0.451. The second-order valence-electron chi connectivity index (χ2n) is 4.49. The Hall–Kier alpha value is -1.86. The lowest BCUT2D eigenvalue weighted by molar-refractivity contribution is 0.555. The lowest BCUT2D eigenvalue weighted by Crippen LogP contribution is -2.10. The van der Waals surface area contributed by atoms with Crippen LogP contribution in [0.4, 0.5) is 0 Å². The van der Waals surface area contributed by atoms with Crippen LogP contribution < -0.4 is 11.1 Å². The summed E-state index contributed by atoms with van der Waals surface area (Å²) < 4.78 is 7.84. The zero-order valence-electron chi connectivity index (χ0n) is 11.0. The van der Waals surface area contributed by atoms with Gasteiger partial charge in [-0.3, -0.25) is 9.67 Å². The molecule has 0 unspecified atom stereocenters. The number of H-pyrrole nitrogens is 1. The summed E-state index contributed by atoms with van der Waals surface area (Å²) in [5.41, 5.74) is 3.98. The molecule has 0 aliphatic rings. The molecule has 20 heavy (non-hydrogen) atoms. The Morgan fingerprint density at radius 2 is 2.30 bits per heavy atom. The predicted molar refractivity (Wildman–Crippen MR) is 79.5 cm³/mol. The third kappa shape index (κ3) is 2.08. The lowest BCUT2D eigenvalue weighted by atomic mass is 10.1. The van der Waals surface area contributed by atoms with E-state index in [-0.39, 0.29) is 0 Å². The Bertz CT molecular complexity index is 831. The molecule has 0 saturated carbocycles. The molecular formula is C13H13BrN4O2. The van der Waals surface area contributed by atoms with Crippen LogP contribution >= 0.6 is 15.9 Å². The van der Waals surface area contributed by atoms with Crippen LogP contribution in [0.1, 0.15) is 5.69 Å². The van der Waals surface area contributed by atoms with Crippen molar-refractivity contribution in [3.63, 3.8) is 0 Å². The summed E-state index contributed by atoms with van der Waals surface area (Å²) >= 11 is 3.59. The zero-order valence-corrected chi connectivity index (χ0v) is 12.6. The smallest absolute Gasteiger partial charge is 0.408 e. The van der Waals surface area contributed by atoms with E-state index in [9.17, 15) is 4.79 Å². The largest absolute Gasteiger partial charge is 0.417 e. The van der Waals surface area contributed by atoms with Crippen LogP contribution in [-0.4, -0.2) is 21.8 Å². The average Bonchev–Trinajstić information content (AvgIpc) is 2.91. The number of hydrogen-bond donors (Lipinski definition) is 2. The maximum atomic E-state index is 11.2. The molecule has 1 aromatic carbocycles. The maximum Gasteiger partial charge on any atom is 0.417 e. The number of nitrogens with zero attached hydrogens (tertiary/aromatic N) is 2. The first kappa shape index (κ1) is 13.1. The molecule has 2 heterocycles. The van der Waals surface area contributed by atoms with Gasteiger partial charge in [0.2, 0.25) is 0 Å². The number of nitrogens with one attached hydrogen (secondary N) is 2. The molecule has 7 heteroatoms. The Morgan fingerprint density at radius 3 is 3.05 bits per heavy atom. The fraction of sp³-hybridized carbons (Fsp3) is 0.231. The van der Waals surface area contributed by atoms with Crippen LogP contribution in [0.15, 0.2) is 31.9 Å². The van der Waals surface area contributed by atoms with Crippen LogP contribution in [0.2, 0.25) is 0 Å². The van der Waals surface area contributed by atoms with Crippen molar-refractivity contribution in [2.45, 2.75) is 6.54 Å². The first-order valence-corrected chi connectivity index (χ1v) is 6.88. The van der Waals surface area contributed by atoms with E-state index >= 15 is 0 Å². The number of hydrogen-bond acceptors (Lipinski definition) is 4. The molecule has 104 valence electrons. The van der Waals surface area contributed by atoms with Crippen LogP contribution in [0, 0.1) is 0 Å². The molecule has 2 aromatic heterocycles. The Kier molecular flexibility index (Phi) is 3.23. The van der Waals surface area contributed by atoms with Gasteiger partial charge >= 0.3 is 5.76 Å². The van der Waals surface area contributed by atoms with Crippen molar-refractivity contribution in [3.8, 4) is 11.3 Å². The van der Waals surface area contributed by atoms with E-state index < -0.39 is 5.76 Å². The molecule has 0 saturated heterocycles. The Morgan fingerprint density at radius 1 is 1.50 bits per heavy atom. The second kappa shape index (κ2) is 4.92. The molecule has 3 rings (SSSR count). The number of aromatic amines is 1. The molecule has 3 aromatic rings. The number of halogens is 1. The molecule has 0 bridgehead atoms. The molecule has 0 atom stereocenters. The van der Waals surface area contributed by atoms with E-state index in [2.05, 4.69) is 31.3 Å². The quantitative estimate of drug-likeness (QED) is 0.767. The molecule has 0 amide bonds. The van der Waals surface area contributed by atoms with E-state index in [4.69, 9.17) is 4.42 Å². The topological polar surface area (TPSA) is 75.8 Å². The van der Waals surface area contributed by atoms with Gasteiger partial charge in [-0.05, 0) is 35.1 Å². The molecule has 0 fully saturated rings. The first-order valence-electron chi connectivity index (χ1n) is 6.09. The summed E-state index contributed by atoms with van der Waals surface area (Å²) in [4.78, 5) is 13.8. The van der Waals surface area contributed by atoms with E-state index in [0.29, 0.717) is 17.6 Å². The van der Waals surface area contributed by atoms with Crippen LogP contribution in [0.5, 0.6) is 0 Å². The van der Waals surface area contributed by atoms with Gasteiger partial charge in [0.15, 0.2) is 5.58 Å². The molecule has 0 spiro atoms. The predicted octanol–water partition coefficient (Wildman–Crippen LogP) is 2.00. The number of oxazole rings is 1. The zero-order chi connectivity index (χ0) is 14.3. The van der Waals surface area contributed by atoms with Gasteiger partial charge in [-0.25, -0.2) is 4.79 Å². The second-order valence-corrected chi connectivity index (χ2v) is 5.28. The van der Waals surface area contributed by atoms with Crippen molar-refractivity contribution < 1.29 is 4.42 Å². The van der Waals surface area contributed by atoms with Crippen molar-refractivity contribution in [3.05, 3.63) is 38.9 Å². The highest BCUT2D eigenvalue weighted by atomic mass is 79.9. The monoisotopic (exact) mass is 336 g/mol. The van der Waals surface area contributed by atoms with Gasteiger partial charge in [0.1, 0.15) is 5.69 Å². The maximum absolute atomic E-state index is 11.2. The van der Waals surface area contributed by atoms with E-state index in [1.54, 1.807) is 0 Å². The summed E-state index contributed by atoms with van der Waals surface area (Å²) in [7, 11) is 3.79. The van der Waals surface area contributed by atoms with Crippen molar-refractivity contribution in [2.75, 3.05) is 7.05 Å². The van der Waals surface area contributed by atoms with Crippen LogP contribution in [0.25, 0.3) is 22.4 Å². The van der Waals surface area contributed by atoms with Crippen molar-refractivity contribution in [2.24, 2.45) is 7.05 Å². The number of fused-ring (bicyclic) bond motifs is 1. The van der Waals surface area contributed by atoms with Crippen molar-refractivity contribution in [1.29, 1.82) is 0 Å². The van der Waals surface area contributed by atoms with Crippen LogP contribution in [-0.2, 0) is 13.6 Å². The van der Waals surface area contributed by atoms with Gasteiger partial charge in [0.05, 0.1) is 15.7 Å². The summed E-state index contributed by atoms with van der Waals surface area (Å²) in [5, 5.41) is 7.62. The summed E-state index contributed by atoms with van der Waals surface area (Å²) in [6.45, 7) is 0.714. The first-order chi connectivity index (χ1) is 9.60. The standard InChI is InChI=1S/C13H13BrN4O2/c1-15-6-9-11(14)12(17-18(9)2)7-3-4-8-10(5-7)20-13(19)16-8/h3-5,15H,6H2,1-2H3,(H,16,19). The summed E-state index contributed by atoms with van der Waals surface area (Å²) in [6, 6.07) is 5.53. The Balaban J connectivity index is 2.15. The van der Waals surface area contributed by atoms with Gasteiger partial charge in [-0.1, -0.05) is 6.07 Å². The van der Waals surface area contributed by atoms with Crippen molar-refractivity contribution >= 4 is 27.0 Å². The highest BCUT2D eigenvalue weighted by molar-refractivity contribution is 9.10. The number of aryl methyl sites for hydroxylation is 1. The van der Waals surface area contributed by atoms with Gasteiger partial charge in [0.25, 0.3) is 0 Å². The van der Waals surface area contributed by atoms with Gasteiger partial charge in [-0.15, -0.1) is 0 Å². The molecule has 0 aliphatic carbocycles. The third-order valence-corrected chi connectivity index (χ3v) is 3.97. The number of benzene rings is 1. The number of aromatic nitrogens is 3. The average molecular weight is 337 g/mol. The molecule has 6 nitrogen and oxygen atoms in total.